The minimum Gasteiger partial charge on any atom is -0.457 e. The van der Waals surface area contributed by atoms with E-state index in [2.05, 4.69) is 9.37 Å². The van der Waals surface area contributed by atoms with Crippen LogP contribution in [0.1, 0.15) is 65.2 Å². The van der Waals surface area contributed by atoms with Crippen LogP contribution in [-0.2, 0) is 20.2 Å². The predicted octanol–water partition coefficient (Wildman–Crippen LogP) is 17.3. The Balaban J connectivity index is 0.975. The van der Waals surface area contributed by atoms with Crippen LogP contribution in [0.5, 0.6) is 23.0 Å². The molecule has 78 heavy (non-hydrogen) atoms. The molecule has 0 amide bonds. The van der Waals surface area contributed by atoms with Gasteiger partial charge >= 0.3 is 24.7 Å². The van der Waals surface area contributed by atoms with Crippen LogP contribution >= 0.6 is 12.0 Å². The summed E-state index contributed by atoms with van der Waals surface area (Å²) < 4.78 is 196. The van der Waals surface area contributed by atoms with Crippen LogP contribution in [-0.4, -0.2) is 41.5 Å². The quantitative estimate of drug-likeness (QED) is 0.0336. The summed E-state index contributed by atoms with van der Waals surface area (Å²) in [4.78, 5) is 26.1. The molecule has 0 radical (unpaired) electrons. The maximum Gasteiger partial charge on any atom is 0.411 e. The first-order valence-corrected chi connectivity index (χ1v) is 23.7. The van der Waals surface area contributed by atoms with Gasteiger partial charge in [-0.25, -0.2) is 5.26 Å². The van der Waals surface area contributed by atoms with Crippen LogP contribution in [0.2, 0.25) is 0 Å². The van der Waals surface area contributed by atoms with E-state index in [0.717, 1.165) is 61.0 Å². The Morgan fingerprint density at radius 1 is 0.410 bits per heavy atom. The molecule has 0 saturated carbocycles. The Bertz CT molecular complexity index is 3380. The standard InChI is InChI=1S/C58H38F12O7S/c1-34-6-9-37(10-7-34)51(71)39-16-24-45(25-17-39)74-47-28-20-42(21-29-47)53(55(59,60)61,56(62,63)64)43-22-30-48(31-23-43)75-46-26-18-40(19-27-46)52(72)38-14-12-36(13-15-38)41-11-8-35(2)50(32-41)54(57(65,66)67,58(68,69)70)44-4-3-5-49(33-44)78-77-76-73/h3-33,73H,1-2H3. The summed E-state index contributed by atoms with van der Waals surface area (Å²) in [5.74, 6) is -0.924. The Kier molecular flexibility index (Phi) is 15.8. The van der Waals surface area contributed by atoms with Crippen molar-refractivity contribution in [3.8, 4) is 34.1 Å². The number of carbonyl (C=O) groups is 2. The molecule has 0 aliphatic heterocycles. The molecule has 8 rings (SSSR count). The van der Waals surface area contributed by atoms with Crippen LogP contribution < -0.4 is 9.47 Å². The zero-order valence-electron chi connectivity index (χ0n) is 40.2. The van der Waals surface area contributed by atoms with Crippen LogP contribution in [0.25, 0.3) is 11.1 Å². The summed E-state index contributed by atoms with van der Waals surface area (Å²) in [6.45, 7) is 2.97. The molecular formula is C58H38F12O7S. The van der Waals surface area contributed by atoms with E-state index in [4.69, 9.17) is 14.7 Å². The highest BCUT2D eigenvalue weighted by atomic mass is 32.2. The molecule has 0 unspecified atom stereocenters. The van der Waals surface area contributed by atoms with Gasteiger partial charge in [-0.1, -0.05) is 108 Å². The van der Waals surface area contributed by atoms with Crippen molar-refractivity contribution in [2.75, 3.05) is 0 Å². The highest BCUT2D eigenvalue weighted by Gasteiger charge is 2.74. The molecule has 7 nitrogen and oxygen atoms in total. The number of hydrogen-bond acceptors (Lipinski definition) is 8. The molecule has 0 bridgehead atoms. The number of aryl methyl sites for hydroxylation is 2. The number of hydrogen-bond donors (Lipinski definition) is 1. The molecule has 402 valence electrons. The molecule has 1 N–H and O–H groups in total. The molecule has 0 heterocycles. The van der Waals surface area contributed by atoms with E-state index >= 15 is 52.7 Å². The number of rotatable bonds is 16. The van der Waals surface area contributed by atoms with E-state index in [1.54, 1.807) is 24.3 Å². The summed E-state index contributed by atoms with van der Waals surface area (Å²) in [5, 5.41) is 11.9. The molecule has 0 aliphatic carbocycles. The molecule has 0 atom stereocenters. The number of halogens is 12. The van der Waals surface area contributed by atoms with Crippen LogP contribution in [0.3, 0.4) is 0 Å². The summed E-state index contributed by atoms with van der Waals surface area (Å²) in [6, 6.07) is 36.1. The van der Waals surface area contributed by atoms with Crippen molar-refractivity contribution in [3.05, 3.63) is 244 Å². The predicted molar refractivity (Wildman–Crippen MR) is 263 cm³/mol. The topological polar surface area (TPSA) is 91.3 Å². The number of alkyl halides is 12. The fourth-order valence-electron chi connectivity index (χ4n) is 8.99. The van der Waals surface area contributed by atoms with Crippen LogP contribution in [0, 0.1) is 13.8 Å². The van der Waals surface area contributed by atoms with Gasteiger partial charge in [0.2, 0.25) is 10.8 Å². The molecule has 8 aromatic carbocycles. The lowest BCUT2D eigenvalue weighted by atomic mass is 9.70. The van der Waals surface area contributed by atoms with Crippen molar-refractivity contribution >= 4 is 23.6 Å². The molecule has 0 fully saturated rings. The monoisotopic (exact) mass is 1110 g/mol. The lowest BCUT2D eigenvalue weighted by molar-refractivity contribution is -0.432. The Labute approximate surface area is 440 Å². The summed E-state index contributed by atoms with van der Waals surface area (Å²) in [6.07, 6.45) is -23.7. The number of benzene rings is 8. The van der Waals surface area contributed by atoms with Gasteiger partial charge in [0.1, 0.15) is 23.0 Å². The van der Waals surface area contributed by atoms with Gasteiger partial charge in [-0.15, -0.1) is 4.33 Å². The van der Waals surface area contributed by atoms with Gasteiger partial charge in [0.25, 0.3) is 0 Å². The normalized spacial score (nSPS) is 12.6. The second-order valence-electron chi connectivity index (χ2n) is 17.7. The minimum atomic E-state index is -5.94. The molecule has 0 spiro atoms. The molecule has 20 heteroatoms. The van der Waals surface area contributed by atoms with Gasteiger partial charge < -0.3 is 9.47 Å². The van der Waals surface area contributed by atoms with Gasteiger partial charge in [0.05, 0.1) is 12.0 Å². The van der Waals surface area contributed by atoms with Crippen molar-refractivity contribution in [2.45, 2.75) is 54.3 Å². The average Bonchev–Trinajstić information content (AvgIpc) is 3.60. The van der Waals surface area contributed by atoms with Gasteiger partial charge in [-0.2, -0.15) is 52.7 Å². The van der Waals surface area contributed by atoms with Crippen molar-refractivity contribution in [1.29, 1.82) is 0 Å². The lowest BCUT2D eigenvalue weighted by Gasteiger charge is -2.39. The third-order valence-corrected chi connectivity index (χ3v) is 13.4. The van der Waals surface area contributed by atoms with Gasteiger partial charge in [0.15, 0.2) is 11.6 Å². The van der Waals surface area contributed by atoms with E-state index in [-0.39, 0.29) is 73.5 Å². The summed E-state index contributed by atoms with van der Waals surface area (Å²) >= 11 is 0.170. The second kappa shape index (κ2) is 21.8. The van der Waals surface area contributed by atoms with Crippen LogP contribution in [0.4, 0.5) is 52.7 Å². The maximum absolute atomic E-state index is 15.1. The molecule has 0 aliphatic rings. The first-order valence-electron chi connectivity index (χ1n) is 23.0. The molecular weight excluding hydrogens is 1070 g/mol. The van der Waals surface area contributed by atoms with Gasteiger partial charge in [-0.05, 0) is 144 Å². The van der Waals surface area contributed by atoms with E-state index in [1.807, 2.05) is 6.92 Å². The highest BCUT2D eigenvalue weighted by molar-refractivity contribution is 7.94. The van der Waals surface area contributed by atoms with Crippen molar-refractivity contribution in [1.82, 2.24) is 0 Å². The van der Waals surface area contributed by atoms with Crippen molar-refractivity contribution < 1.29 is 86.4 Å². The highest BCUT2D eigenvalue weighted by Crippen LogP contribution is 2.59. The molecule has 0 saturated heterocycles. The average molecular weight is 1110 g/mol. The number of ketones is 2. The summed E-state index contributed by atoms with van der Waals surface area (Å²) in [5.41, 5.74) is -12.1. The molecule has 8 aromatic rings. The first-order chi connectivity index (χ1) is 36.8. The van der Waals surface area contributed by atoms with E-state index in [0.29, 0.717) is 47.5 Å². The van der Waals surface area contributed by atoms with Crippen molar-refractivity contribution in [3.63, 3.8) is 0 Å². The second-order valence-corrected chi connectivity index (χ2v) is 18.5. The number of carbonyl (C=O) groups excluding carboxylic acids is 2. The molecule has 0 aromatic heterocycles. The zero-order chi connectivity index (χ0) is 56.4. The lowest BCUT2D eigenvalue weighted by Crippen LogP contribution is -2.55. The Morgan fingerprint density at radius 2 is 0.782 bits per heavy atom. The van der Waals surface area contributed by atoms with Crippen molar-refractivity contribution in [2.24, 2.45) is 0 Å². The van der Waals surface area contributed by atoms with Gasteiger partial charge in [-0.3, -0.25) is 9.59 Å². The van der Waals surface area contributed by atoms with E-state index in [9.17, 15) is 9.59 Å². The third kappa shape index (κ3) is 11.0. The fraction of sp³-hybridized carbons (Fsp3) is 0.138. The Morgan fingerprint density at radius 3 is 1.18 bits per heavy atom. The van der Waals surface area contributed by atoms with E-state index < -0.39 is 63.6 Å². The van der Waals surface area contributed by atoms with Crippen LogP contribution in [0.15, 0.2) is 193 Å². The largest absolute Gasteiger partial charge is 0.457 e. The third-order valence-electron chi connectivity index (χ3n) is 12.8. The van der Waals surface area contributed by atoms with E-state index in [1.165, 1.54) is 78.9 Å². The number of ether oxygens (including phenoxy) is 2. The first kappa shape index (κ1) is 56.3. The Hall–Kier alpha value is -7.91. The minimum absolute atomic E-state index is 0.0256. The SMILES string of the molecule is Cc1ccc(C(=O)c2ccc(Oc3ccc(C(c4ccc(Oc5ccc(C(=O)c6ccc(-c7ccc(C)c(C(c8cccc(SOOO)c8)(C(F)(F)F)C(F)(F)F)c7)cc6)cc5)cc4)(C(F)(F)F)C(F)(F)F)cc3)cc2)cc1. The maximum atomic E-state index is 15.1. The fourth-order valence-corrected chi connectivity index (χ4v) is 9.41. The van der Waals surface area contributed by atoms with Gasteiger partial charge in [0, 0.05) is 27.1 Å². The summed E-state index contributed by atoms with van der Waals surface area (Å²) in [7, 11) is 0. The zero-order valence-corrected chi connectivity index (χ0v) is 41.1. The smallest absolute Gasteiger partial charge is 0.411 e.